The maximum atomic E-state index is 5.63. The van der Waals surface area contributed by atoms with Crippen LogP contribution < -0.4 is 10.5 Å². The summed E-state index contributed by atoms with van der Waals surface area (Å²) in [5, 5.41) is 7.90. The predicted octanol–water partition coefficient (Wildman–Crippen LogP) is 2.46. The maximum absolute atomic E-state index is 5.63. The number of hydrogen-bond acceptors (Lipinski definition) is 3. The smallest absolute Gasteiger partial charge is 0.145 e. The Labute approximate surface area is 104 Å². The van der Waals surface area contributed by atoms with E-state index in [0.717, 1.165) is 33.6 Å². The highest BCUT2D eigenvalue weighted by Gasteiger charge is 2.13. The third kappa shape index (κ3) is 1.52. The first-order chi connectivity index (χ1) is 8.69. The van der Waals surface area contributed by atoms with Crippen LogP contribution in [-0.4, -0.2) is 22.3 Å². The molecule has 4 N–H and O–H groups in total. The van der Waals surface area contributed by atoms with Gasteiger partial charge >= 0.3 is 0 Å². The van der Waals surface area contributed by atoms with Crippen molar-refractivity contribution in [3.63, 3.8) is 0 Å². The molecule has 0 saturated carbocycles. The summed E-state index contributed by atoms with van der Waals surface area (Å²) >= 11 is 0. The van der Waals surface area contributed by atoms with Crippen molar-refractivity contribution in [3.8, 4) is 17.0 Å². The van der Waals surface area contributed by atoms with Gasteiger partial charge in [0.2, 0.25) is 0 Å². The van der Waals surface area contributed by atoms with Gasteiger partial charge in [0, 0.05) is 28.2 Å². The molecule has 18 heavy (non-hydrogen) atoms. The Bertz CT molecular complexity index is 711. The van der Waals surface area contributed by atoms with Crippen LogP contribution in [0.15, 0.2) is 24.3 Å². The number of rotatable bonds is 2. The Morgan fingerprint density at radius 2 is 2.11 bits per heavy atom. The standard InChI is InChI=1S/C13H14N4O/c1-7-5-9-10(15-7)4-3-8(13(9)18-2)11-6-12(14)17-16-11/h3-6,15H,1-2H3,(H3,14,16,17). The quantitative estimate of drug-likeness (QED) is 0.645. The molecule has 1 aromatic carbocycles. The van der Waals surface area contributed by atoms with Crippen LogP contribution in [0, 0.1) is 6.92 Å². The number of methoxy groups -OCH3 is 1. The number of nitrogens with one attached hydrogen (secondary N) is 2. The molecule has 5 heteroatoms. The van der Waals surface area contributed by atoms with E-state index < -0.39 is 0 Å². The molecule has 2 aromatic heterocycles. The van der Waals surface area contributed by atoms with Crippen LogP contribution in [0.1, 0.15) is 5.69 Å². The van der Waals surface area contributed by atoms with E-state index in [9.17, 15) is 0 Å². The number of hydrogen-bond donors (Lipinski definition) is 3. The highest BCUT2D eigenvalue weighted by Crippen LogP contribution is 2.36. The Hall–Kier alpha value is -2.43. The van der Waals surface area contributed by atoms with Crippen molar-refractivity contribution >= 4 is 16.7 Å². The van der Waals surface area contributed by atoms with Crippen molar-refractivity contribution in [3.05, 3.63) is 30.0 Å². The van der Waals surface area contributed by atoms with Gasteiger partial charge in [-0.1, -0.05) is 0 Å². The average molecular weight is 242 g/mol. The lowest BCUT2D eigenvalue weighted by Crippen LogP contribution is -1.89. The lowest BCUT2D eigenvalue weighted by molar-refractivity contribution is 0.421. The zero-order valence-corrected chi connectivity index (χ0v) is 10.2. The zero-order valence-electron chi connectivity index (χ0n) is 10.2. The van der Waals surface area contributed by atoms with Gasteiger partial charge < -0.3 is 15.5 Å². The fourth-order valence-corrected chi connectivity index (χ4v) is 2.22. The average Bonchev–Trinajstić information content (AvgIpc) is 2.92. The van der Waals surface area contributed by atoms with E-state index in [2.05, 4.69) is 21.2 Å². The number of aromatic amines is 2. The van der Waals surface area contributed by atoms with Gasteiger partial charge in [-0.05, 0) is 25.1 Å². The second-order valence-corrected chi connectivity index (χ2v) is 4.27. The first-order valence-corrected chi connectivity index (χ1v) is 5.66. The molecule has 0 fully saturated rings. The van der Waals surface area contributed by atoms with Crippen LogP contribution >= 0.6 is 0 Å². The van der Waals surface area contributed by atoms with Crippen molar-refractivity contribution in [1.29, 1.82) is 0 Å². The first-order valence-electron chi connectivity index (χ1n) is 5.66. The normalized spacial score (nSPS) is 11.0. The van der Waals surface area contributed by atoms with Crippen LogP contribution in [0.5, 0.6) is 5.75 Å². The molecule has 0 saturated heterocycles. The summed E-state index contributed by atoms with van der Waals surface area (Å²) in [6.07, 6.45) is 0. The van der Waals surface area contributed by atoms with E-state index in [1.807, 2.05) is 19.1 Å². The van der Waals surface area contributed by atoms with E-state index in [1.165, 1.54) is 0 Å². The molecule has 0 atom stereocenters. The van der Waals surface area contributed by atoms with Crippen LogP contribution in [0.3, 0.4) is 0 Å². The van der Waals surface area contributed by atoms with Gasteiger partial charge in [0.15, 0.2) is 0 Å². The molecule has 0 spiro atoms. The van der Waals surface area contributed by atoms with Crippen molar-refractivity contribution in [2.75, 3.05) is 12.8 Å². The summed E-state index contributed by atoms with van der Waals surface area (Å²) < 4.78 is 5.53. The van der Waals surface area contributed by atoms with Gasteiger partial charge in [-0.15, -0.1) is 0 Å². The number of nitrogens with two attached hydrogens (primary N) is 1. The number of anilines is 1. The lowest BCUT2D eigenvalue weighted by Gasteiger charge is -2.07. The number of benzene rings is 1. The molecular formula is C13H14N4O. The highest BCUT2D eigenvalue weighted by molar-refractivity contribution is 5.93. The minimum absolute atomic E-state index is 0.470. The first kappa shape index (κ1) is 10.7. The van der Waals surface area contributed by atoms with E-state index >= 15 is 0 Å². The van der Waals surface area contributed by atoms with Gasteiger partial charge in [0.1, 0.15) is 11.6 Å². The number of nitrogen functional groups attached to an aromatic ring is 1. The van der Waals surface area contributed by atoms with Crippen molar-refractivity contribution in [2.24, 2.45) is 0 Å². The van der Waals surface area contributed by atoms with Crippen LogP contribution in [0.4, 0.5) is 5.82 Å². The summed E-state index contributed by atoms with van der Waals surface area (Å²) in [4.78, 5) is 3.29. The molecule has 3 aromatic rings. The summed E-state index contributed by atoms with van der Waals surface area (Å²) in [6.45, 7) is 2.02. The molecule has 5 nitrogen and oxygen atoms in total. The number of ether oxygens (including phenoxy) is 1. The number of H-pyrrole nitrogens is 2. The van der Waals surface area contributed by atoms with Gasteiger partial charge in [-0.25, -0.2) is 0 Å². The van der Waals surface area contributed by atoms with Crippen molar-refractivity contribution < 1.29 is 4.74 Å². The molecule has 2 heterocycles. The summed E-state index contributed by atoms with van der Waals surface area (Å²) in [6, 6.07) is 7.88. The Morgan fingerprint density at radius 1 is 1.28 bits per heavy atom. The number of aryl methyl sites for hydroxylation is 1. The highest BCUT2D eigenvalue weighted by atomic mass is 16.5. The molecular weight excluding hydrogens is 228 g/mol. The van der Waals surface area contributed by atoms with Crippen molar-refractivity contribution in [2.45, 2.75) is 6.92 Å². The summed E-state index contributed by atoms with van der Waals surface area (Å²) in [5.74, 6) is 1.29. The third-order valence-corrected chi connectivity index (χ3v) is 2.98. The predicted molar refractivity (Wildman–Crippen MR) is 71.6 cm³/mol. The number of fused-ring (bicyclic) bond motifs is 1. The summed E-state index contributed by atoms with van der Waals surface area (Å²) in [7, 11) is 1.67. The van der Waals surface area contributed by atoms with E-state index in [-0.39, 0.29) is 0 Å². The molecule has 0 unspecified atom stereocenters. The third-order valence-electron chi connectivity index (χ3n) is 2.98. The fourth-order valence-electron chi connectivity index (χ4n) is 2.22. The molecule has 0 radical (unpaired) electrons. The topological polar surface area (TPSA) is 79.7 Å². The van der Waals surface area contributed by atoms with Gasteiger partial charge in [0.25, 0.3) is 0 Å². The molecule has 0 aliphatic rings. The van der Waals surface area contributed by atoms with E-state index in [1.54, 1.807) is 13.2 Å². The molecule has 3 rings (SSSR count). The minimum atomic E-state index is 0.470. The van der Waals surface area contributed by atoms with Crippen LogP contribution in [0.2, 0.25) is 0 Å². The maximum Gasteiger partial charge on any atom is 0.145 e. The Balaban J connectivity index is 2.29. The molecule has 0 aliphatic carbocycles. The molecule has 0 amide bonds. The van der Waals surface area contributed by atoms with Crippen LogP contribution in [-0.2, 0) is 0 Å². The fraction of sp³-hybridized carbons (Fsp3) is 0.154. The molecule has 0 bridgehead atoms. The SMILES string of the molecule is COc1c(-c2cc(N)n[nH]2)ccc2[nH]c(C)cc12. The molecule has 92 valence electrons. The number of nitrogens with zero attached hydrogens (tertiary/aromatic N) is 1. The largest absolute Gasteiger partial charge is 0.495 e. The zero-order chi connectivity index (χ0) is 12.7. The summed E-state index contributed by atoms with van der Waals surface area (Å²) in [5.41, 5.74) is 9.60. The second-order valence-electron chi connectivity index (χ2n) is 4.27. The van der Waals surface area contributed by atoms with E-state index in [4.69, 9.17) is 10.5 Å². The second kappa shape index (κ2) is 3.80. The lowest BCUT2D eigenvalue weighted by atomic mass is 10.1. The van der Waals surface area contributed by atoms with Gasteiger partial charge in [-0.2, -0.15) is 5.10 Å². The van der Waals surface area contributed by atoms with E-state index in [0.29, 0.717) is 5.82 Å². The van der Waals surface area contributed by atoms with Gasteiger partial charge in [0.05, 0.1) is 12.8 Å². The Morgan fingerprint density at radius 3 is 2.78 bits per heavy atom. The Kier molecular flexibility index (Phi) is 2.26. The van der Waals surface area contributed by atoms with Gasteiger partial charge in [-0.3, -0.25) is 5.10 Å². The monoisotopic (exact) mass is 242 g/mol. The van der Waals surface area contributed by atoms with Crippen LogP contribution in [0.25, 0.3) is 22.2 Å². The number of aromatic nitrogens is 3. The van der Waals surface area contributed by atoms with Crippen molar-refractivity contribution in [1.82, 2.24) is 15.2 Å². The minimum Gasteiger partial charge on any atom is -0.495 e. The molecule has 0 aliphatic heterocycles.